The Labute approximate surface area is 191 Å². The number of likely N-dealkylation sites (N-methyl/N-ethyl adjacent to an activating group) is 1. The van der Waals surface area contributed by atoms with Crippen molar-refractivity contribution >= 4 is 17.7 Å². The van der Waals surface area contributed by atoms with Gasteiger partial charge in [-0.1, -0.05) is 60.3 Å². The van der Waals surface area contributed by atoms with Gasteiger partial charge >= 0.3 is 0 Å². The monoisotopic (exact) mass is 447 g/mol. The second-order valence-corrected chi connectivity index (χ2v) is 8.37. The molecule has 1 unspecified atom stereocenters. The Morgan fingerprint density at radius 3 is 2.41 bits per heavy atom. The van der Waals surface area contributed by atoms with Crippen LogP contribution >= 0.6 is 11.8 Å². The zero-order chi connectivity index (χ0) is 22.3. The molecule has 2 heterocycles. The van der Waals surface area contributed by atoms with Gasteiger partial charge in [-0.2, -0.15) is 0 Å². The van der Waals surface area contributed by atoms with Crippen LogP contribution in [0.15, 0.2) is 88.6 Å². The molecule has 1 atom stereocenters. The number of benzene rings is 2. The molecule has 0 saturated heterocycles. The van der Waals surface area contributed by atoms with Crippen LogP contribution in [0.4, 0.5) is 0 Å². The van der Waals surface area contributed by atoms with E-state index in [1.165, 1.54) is 11.8 Å². The molecular weight excluding hydrogens is 422 g/mol. The van der Waals surface area contributed by atoms with Crippen molar-refractivity contribution in [3.63, 3.8) is 0 Å². The average molecular weight is 448 g/mol. The van der Waals surface area contributed by atoms with E-state index in [-0.39, 0.29) is 17.7 Å². The Hall–Kier alpha value is -3.36. The van der Waals surface area contributed by atoms with Crippen molar-refractivity contribution in [3.05, 3.63) is 84.8 Å². The van der Waals surface area contributed by atoms with Crippen molar-refractivity contribution < 1.29 is 9.21 Å². The molecule has 32 heavy (non-hydrogen) atoms. The first-order chi connectivity index (χ1) is 15.6. The van der Waals surface area contributed by atoms with Crippen molar-refractivity contribution in [2.75, 3.05) is 26.4 Å². The fraction of sp³-hybridized carbons (Fsp3) is 0.208. The fourth-order valence-electron chi connectivity index (χ4n) is 3.36. The summed E-state index contributed by atoms with van der Waals surface area (Å²) in [5, 5.41) is 12.5. The standard InChI is InChI=1S/C24H25N5O2S/c1-28(2)20(21-14-9-15-31-21)16-25-22(30)17-32-24-27-26-23(18-10-5-3-6-11-18)29(24)19-12-7-4-8-13-19/h3-15,20H,16-17H2,1-2H3,(H,25,30). The van der Waals surface area contributed by atoms with E-state index in [4.69, 9.17) is 4.42 Å². The van der Waals surface area contributed by atoms with Crippen molar-refractivity contribution in [1.82, 2.24) is 25.0 Å². The van der Waals surface area contributed by atoms with E-state index in [0.29, 0.717) is 11.7 Å². The third-order valence-electron chi connectivity index (χ3n) is 5.00. The average Bonchev–Trinajstić information content (AvgIpc) is 3.49. The van der Waals surface area contributed by atoms with Crippen LogP contribution in [-0.4, -0.2) is 52.0 Å². The van der Waals surface area contributed by atoms with Gasteiger partial charge in [0.1, 0.15) is 5.76 Å². The number of nitrogens with one attached hydrogen (secondary N) is 1. The summed E-state index contributed by atoms with van der Waals surface area (Å²) >= 11 is 1.36. The molecule has 8 heteroatoms. The minimum atomic E-state index is -0.0720. The van der Waals surface area contributed by atoms with Gasteiger partial charge in [0.25, 0.3) is 0 Å². The SMILES string of the molecule is CN(C)C(CNC(=O)CSc1nnc(-c2ccccc2)n1-c1ccccc1)c1ccco1. The first-order valence-electron chi connectivity index (χ1n) is 10.3. The molecule has 2 aromatic carbocycles. The summed E-state index contributed by atoms with van der Waals surface area (Å²) in [4.78, 5) is 14.6. The highest BCUT2D eigenvalue weighted by Gasteiger charge is 2.20. The molecule has 2 aromatic heterocycles. The number of carbonyl (C=O) groups excluding carboxylic acids is 1. The summed E-state index contributed by atoms with van der Waals surface area (Å²) in [6.45, 7) is 0.459. The van der Waals surface area contributed by atoms with Gasteiger partial charge in [-0.05, 0) is 38.4 Å². The largest absolute Gasteiger partial charge is 0.468 e. The second kappa shape index (κ2) is 10.3. The van der Waals surface area contributed by atoms with Crippen molar-refractivity contribution in [2.45, 2.75) is 11.2 Å². The molecule has 7 nitrogen and oxygen atoms in total. The van der Waals surface area contributed by atoms with E-state index in [1.54, 1.807) is 6.26 Å². The van der Waals surface area contributed by atoms with Crippen LogP contribution in [0, 0.1) is 0 Å². The maximum absolute atomic E-state index is 12.6. The van der Waals surface area contributed by atoms with E-state index in [1.807, 2.05) is 96.4 Å². The number of carbonyl (C=O) groups is 1. The Balaban J connectivity index is 1.47. The first kappa shape index (κ1) is 21.9. The highest BCUT2D eigenvalue weighted by molar-refractivity contribution is 7.99. The van der Waals surface area contributed by atoms with E-state index in [2.05, 4.69) is 15.5 Å². The Kier molecular flexibility index (Phi) is 7.03. The van der Waals surface area contributed by atoms with Gasteiger partial charge in [0.15, 0.2) is 11.0 Å². The van der Waals surface area contributed by atoms with Gasteiger partial charge in [-0.15, -0.1) is 10.2 Å². The highest BCUT2D eigenvalue weighted by atomic mass is 32.2. The summed E-state index contributed by atoms with van der Waals surface area (Å²) in [5.74, 6) is 1.72. The van der Waals surface area contributed by atoms with Gasteiger partial charge in [-0.25, -0.2) is 0 Å². The summed E-state index contributed by atoms with van der Waals surface area (Å²) < 4.78 is 7.49. The molecule has 0 radical (unpaired) electrons. The minimum absolute atomic E-state index is 0.0309. The first-order valence-corrected chi connectivity index (χ1v) is 11.3. The molecule has 0 spiro atoms. The summed E-state index contributed by atoms with van der Waals surface area (Å²) in [6, 6.07) is 23.6. The fourth-order valence-corrected chi connectivity index (χ4v) is 4.14. The lowest BCUT2D eigenvalue weighted by molar-refractivity contribution is -0.118. The minimum Gasteiger partial charge on any atom is -0.468 e. The normalized spacial score (nSPS) is 12.1. The molecule has 0 aliphatic rings. The lowest BCUT2D eigenvalue weighted by atomic mass is 10.2. The molecule has 4 aromatic rings. The number of aromatic nitrogens is 3. The maximum atomic E-state index is 12.6. The lowest BCUT2D eigenvalue weighted by Gasteiger charge is -2.22. The van der Waals surface area contributed by atoms with Crippen molar-refractivity contribution in [2.24, 2.45) is 0 Å². The predicted molar refractivity (Wildman–Crippen MR) is 126 cm³/mol. The zero-order valence-electron chi connectivity index (χ0n) is 18.0. The molecule has 164 valence electrons. The van der Waals surface area contributed by atoms with Crippen molar-refractivity contribution in [3.8, 4) is 17.1 Å². The lowest BCUT2D eigenvalue weighted by Crippen LogP contribution is -2.35. The third kappa shape index (κ3) is 5.09. The molecule has 1 amide bonds. The topological polar surface area (TPSA) is 76.2 Å². The summed E-state index contributed by atoms with van der Waals surface area (Å²) in [6.07, 6.45) is 1.64. The predicted octanol–water partition coefficient (Wildman–Crippen LogP) is 4.04. The second-order valence-electron chi connectivity index (χ2n) is 7.43. The van der Waals surface area contributed by atoms with Crippen molar-refractivity contribution in [1.29, 1.82) is 0 Å². The zero-order valence-corrected chi connectivity index (χ0v) is 18.8. The Morgan fingerprint density at radius 2 is 1.75 bits per heavy atom. The number of hydrogen-bond donors (Lipinski definition) is 1. The third-order valence-corrected chi connectivity index (χ3v) is 5.93. The molecule has 0 bridgehead atoms. The van der Waals surface area contributed by atoms with Gasteiger partial charge in [-0.3, -0.25) is 14.3 Å². The van der Waals surface area contributed by atoms with Crippen LogP contribution in [0.25, 0.3) is 17.1 Å². The van der Waals surface area contributed by atoms with Crippen LogP contribution in [0.2, 0.25) is 0 Å². The van der Waals surface area contributed by atoms with E-state index < -0.39 is 0 Å². The molecule has 1 N–H and O–H groups in total. The molecule has 0 aliphatic carbocycles. The van der Waals surface area contributed by atoms with E-state index >= 15 is 0 Å². The summed E-state index contributed by atoms with van der Waals surface area (Å²) in [7, 11) is 3.92. The maximum Gasteiger partial charge on any atom is 0.230 e. The van der Waals surface area contributed by atoms with Gasteiger partial charge in [0, 0.05) is 17.8 Å². The van der Waals surface area contributed by atoms with Crippen LogP contribution in [0.5, 0.6) is 0 Å². The van der Waals surface area contributed by atoms with Crippen LogP contribution in [0.3, 0.4) is 0 Å². The summed E-state index contributed by atoms with van der Waals surface area (Å²) in [5.41, 5.74) is 1.91. The van der Waals surface area contributed by atoms with Gasteiger partial charge in [0.05, 0.1) is 18.1 Å². The highest BCUT2D eigenvalue weighted by Crippen LogP contribution is 2.27. The smallest absolute Gasteiger partial charge is 0.230 e. The number of thioether (sulfide) groups is 1. The Bertz CT molecular complexity index is 1130. The quantitative estimate of drug-likeness (QED) is 0.390. The molecule has 0 saturated carbocycles. The Morgan fingerprint density at radius 1 is 1.03 bits per heavy atom. The van der Waals surface area contributed by atoms with Gasteiger partial charge in [0.2, 0.25) is 5.91 Å². The number of rotatable bonds is 9. The van der Waals surface area contributed by atoms with Crippen LogP contribution in [-0.2, 0) is 4.79 Å². The number of nitrogens with zero attached hydrogens (tertiary/aromatic N) is 4. The molecular formula is C24H25N5O2S. The molecule has 0 aliphatic heterocycles. The van der Waals surface area contributed by atoms with E-state index in [0.717, 1.165) is 22.8 Å². The number of amides is 1. The number of furan rings is 1. The van der Waals surface area contributed by atoms with E-state index in [9.17, 15) is 4.79 Å². The van der Waals surface area contributed by atoms with Gasteiger partial charge < -0.3 is 9.73 Å². The number of para-hydroxylation sites is 1. The molecule has 0 fully saturated rings. The molecule has 4 rings (SSSR count). The van der Waals surface area contributed by atoms with Crippen LogP contribution in [0.1, 0.15) is 11.8 Å². The number of hydrogen-bond acceptors (Lipinski definition) is 6. The van der Waals surface area contributed by atoms with Crippen LogP contribution < -0.4 is 5.32 Å².